The molecule has 2 rings (SSSR count). The van der Waals surface area contributed by atoms with E-state index in [-0.39, 0.29) is 11.6 Å². The van der Waals surface area contributed by atoms with E-state index in [0.717, 1.165) is 5.56 Å². The van der Waals surface area contributed by atoms with Gasteiger partial charge in [-0.2, -0.15) is 5.10 Å². The van der Waals surface area contributed by atoms with Crippen molar-refractivity contribution in [3.05, 3.63) is 42.1 Å². The molecular weight excluding hydrogens is 216 g/mol. The molecule has 1 aromatic heterocycles. The quantitative estimate of drug-likeness (QED) is 0.882. The Morgan fingerprint density at radius 2 is 1.94 bits per heavy atom. The standard InChI is InChI=1S/C13H14N2O2/c1-9(2)15-8-11(13(16)17)12(14-15)10-6-4-3-5-7-10/h3-9H,1-2H3,(H,16,17). The largest absolute Gasteiger partial charge is 0.478 e. The minimum atomic E-state index is -0.948. The number of carboxylic acids is 1. The number of aromatic carboxylic acids is 1. The van der Waals surface area contributed by atoms with Gasteiger partial charge in [-0.3, -0.25) is 4.68 Å². The fourth-order valence-electron chi connectivity index (χ4n) is 1.62. The number of carbonyl (C=O) groups is 1. The Bertz CT molecular complexity index is 530. The molecule has 0 fully saturated rings. The molecule has 2 aromatic rings. The monoisotopic (exact) mass is 230 g/mol. The Labute approximate surface area is 99.5 Å². The van der Waals surface area contributed by atoms with E-state index in [4.69, 9.17) is 5.11 Å². The predicted octanol–water partition coefficient (Wildman–Crippen LogP) is 2.83. The van der Waals surface area contributed by atoms with Gasteiger partial charge < -0.3 is 5.11 Å². The van der Waals surface area contributed by atoms with Gasteiger partial charge in [0.1, 0.15) is 11.3 Å². The molecule has 0 aliphatic rings. The molecule has 0 bridgehead atoms. The molecule has 4 nitrogen and oxygen atoms in total. The van der Waals surface area contributed by atoms with Crippen molar-refractivity contribution in [1.82, 2.24) is 9.78 Å². The van der Waals surface area contributed by atoms with Crippen molar-refractivity contribution in [3.63, 3.8) is 0 Å². The first-order chi connectivity index (χ1) is 8.09. The third-order valence-corrected chi connectivity index (χ3v) is 2.54. The van der Waals surface area contributed by atoms with Crippen LogP contribution in [-0.4, -0.2) is 20.9 Å². The van der Waals surface area contributed by atoms with E-state index >= 15 is 0 Å². The van der Waals surface area contributed by atoms with Gasteiger partial charge in [0.15, 0.2) is 0 Å². The summed E-state index contributed by atoms with van der Waals surface area (Å²) >= 11 is 0. The first-order valence-electron chi connectivity index (χ1n) is 5.47. The van der Waals surface area contributed by atoms with Crippen LogP contribution in [0.5, 0.6) is 0 Å². The van der Waals surface area contributed by atoms with Gasteiger partial charge in [-0.05, 0) is 13.8 Å². The summed E-state index contributed by atoms with van der Waals surface area (Å²) in [6.45, 7) is 3.93. The van der Waals surface area contributed by atoms with Crippen LogP contribution in [0, 0.1) is 0 Å². The third kappa shape index (κ3) is 2.20. The Hall–Kier alpha value is -2.10. The van der Waals surface area contributed by atoms with E-state index in [1.54, 1.807) is 10.9 Å². The molecule has 0 amide bonds. The van der Waals surface area contributed by atoms with Crippen molar-refractivity contribution >= 4 is 5.97 Å². The SMILES string of the molecule is CC(C)n1cc(C(=O)O)c(-c2ccccc2)n1. The van der Waals surface area contributed by atoms with E-state index in [9.17, 15) is 4.79 Å². The Balaban J connectivity index is 2.56. The molecule has 0 aliphatic heterocycles. The molecule has 1 aromatic carbocycles. The van der Waals surface area contributed by atoms with E-state index in [1.165, 1.54) is 0 Å². The summed E-state index contributed by atoms with van der Waals surface area (Å²) in [5, 5.41) is 13.5. The molecule has 0 aliphatic carbocycles. The van der Waals surface area contributed by atoms with Gasteiger partial charge in [-0.25, -0.2) is 4.79 Å². The zero-order valence-electron chi connectivity index (χ0n) is 9.79. The van der Waals surface area contributed by atoms with Crippen LogP contribution < -0.4 is 0 Å². The lowest BCUT2D eigenvalue weighted by molar-refractivity contribution is 0.0697. The van der Waals surface area contributed by atoms with Gasteiger partial charge in [-0.15, -0.1) is 0 Å². The number of carboxylic acid groups (broad SMARTS) is 1. The lowest BCUT2D eigenvalue weighted by Gasteiger charge is -2.03. The molecule has 0 radical (unpaired) electrons. The number of benzene rings is 1. The van der Waals surface area contributed by atoms with Crippen LogP contribution in [-0.2, 0) is 0 Å². The fraction of sp³-hybridized carbons (Fsp3) is 0.231. The first-order valence-corrected chi connectivity index (χ1v) is 5.47. The van der Waals surface area contributed by atoms with Crippen molar-refractivity contribution in [3.8, 4) is 11.3 Å². The van der Waals surface area contributed by atoms with Crippen LogP contribution in [0.15, 0.2) is 36.5 Å². The average molecular weight is 230 g/mol. The number of hydrogen-bond acceptors (Lipinski definition) is 2. The number of aromatic nitrogens is 2. The molecule has 1 N–H and O–H groups in total. The van der Waals surface area contributed by atoms with Gasteiger partial charge in [0.05, 0.1) is 0 Å². The number of hydrogen-bond donors (Lipinski definition) is 1. The Morgan fingerprint density at radius 1 is 1.29 bits per heavy atom. The van der Waals surface area contributed by atoms with E-state index in [2.05, 4.69) is 5.10 Å². The van der Waals surface area contributed by atoms with Crippen LogP contribution in [0.1, 0.15) is 30.2 Å². The van der Waals surface area contributed by atoms with Gasteiger partial charge in [-0.1, -0.05) is 30.3 Å². The van der Waals surface area contributed by atoms with Crippen molar-refractivity contribution < 1.29 is 9.90 Å². The normalized spacial score (nSPS) is 10.8. The minimum absolute atomic E-state index is 0.144. The second kappa shape index (κ2) is 4.41. The van der Waals surface area contributed by atoms with Crippen molar-refractivity contribution in [2.75, 3.05) is 0 Å². The molecular formula is C13H14N2O2. The second-order valence-electron chi connectivity index (χ2n) is 4.14. The molecule has 0 spiro atoms. The summed E-state index contributed by atoms with van der Waals surface area (Å²) in [6.07, 6.45) is 1.58. The molecule has 0 saturated carbocycles. The summed E-state index contributed by atoms with van der Waals surface area (Å²) in [5.41, 5.74) is 1.58. The Kier molecular flexibility index (Phi) is 2.95. The molecule has 1 heterocycles. The summed E-state index contributed by atoms with van der Waals surface area (Å²) in [5.74, 6) is -0.948. The van der Waals surface area contributed by atoms with Gasteiger partial charge in [0.25, 0.3) is 0 Å². The van der Waals surface area contributed by atoms with Gasteiger partial charge in [0, 0.05) is 17.8 Å². The van der Waals surface area contributed by atoms with Crippen molar-refractivity contribution in [2.24, 2.45) is 0 Å². The average Bonchev–Trinajstić information content (AvgIpc) is 2.75. The first kappa shape index (κ1) is 11.4. The summed E-state index contributed by atoms with van der Waals surface area (Å²) in [6, 6.07) is 9.50. The van der Waals surface area contributed by atoms with Crippen molar-refractivity contribution in [2.45, 2.75) is 19.9 Å². The highest BCUT2D eigenvalue weighted by Gasteiger charge is 2.17. The highest BCUT2D eigenvalue weighted by atomic mass is 16.4. The third-order valence-electron chi connectivity index (χ3n) is 2.54. The van der Waals surface area contributed by atoms with E-state index in [1.807, 2.05) is 44.2 Å². The fourth-order valence-corrected chi connectivity index (χ4v) is 1.62. The lowest BCUT2D eigenvalue weighted by atomic mass is 10.1. The van der Waals surface area contributed by atoms with Crippen LogP contribution >= 0.6 is 0 Å². The lowest BCUT2D eigenvalue weighted by Crippen LogP contribution is -2.00. The van der Waals surface area contributed by atoms with Crippen LogP contribution in [0.3, 0.4) is 0 Å². The number of nitrogens with zero attached hydrogens (tertiary/aromatic N) is 2. The molecule has 0 atom stereocenters. The second-order valence-corrected chi connectivity index (χ2v) is 4.14. The van der Waals surface area contributed by atoms with E-state index in [0.29, 0.717) is 5.69 Å². The summed E-state index contributed by atoms with van der Waals surface area (Å²) in [4.78, 5) is 11.2. The van der Waals surface area contributed by atoms with Gasteiger partial charge >= 0.3 is 5.97 Å². The van der Waals surface area contributed by atoms with E-state index < -0.39 is 5.97 Å². The molecule has 0 saturated heterocycles. The maximum Gasteiger partial charge on any atom is 0.339 e. The molecule has 88 valence electrons. The highest BCUT2D eigenvalue weighted by Crippen LogP contribution is 2.23. The smallest absolute Gasteiger partial charge is 0.339 e. The predicted molar refractivity (Wildman–Crippen MR) is 65.0 cm³/mol. The number of rotatable bonds is 3. The maximum absolute atomic E-state index is 11.2. The molecule has 4 heteroatoms. The van der Waals surface area contributed by atoms with Crippen LogP contribution in [0.4, 0.5) is 0 Å². The van der Waals surface area contributed by atoms with Gasteiger partial charge in [0.2, 0.25) is 0 Å². The zero-order valence-corrected chi connectivity index (χ0v) is 9.79. The summed E-state index contributed by atoms with van der Waals surface area (Å²) in [7, 11) is 0. The van der Waals surface area contributed by atoms with Crippen LogP contribution in [0.25, 0.3) is 11.3 Å². The minimum Gasteiger partial charge on any atom is -0.478 e. The van der Waals surface area contributed by atoms with Crippen molar-refractivity contribution in [1.29, 1.82) is 0 Å². The Morgan fingerprint density at radius 3 is 2.47 bits per heavy atom. The molecule has 0 unspecified atom stereocenters. The summed E-state index contributed by atoms with van der Waals surface area (Å²) < 4.78 is 1.67. The maximum atomic E-state index is 11.2. The molecule has 17 heavy (non-hydrogen) atoms. The topological polar surface area (TPSA) is 55.1 Å². The zero-order chi connectivity index (χ0) is 12.4. The highest BCUT2D eigenvalue weighted by molar-refractivity contribution is 5.94. The van der Waals surface area contributed by atoms with Crippen LogP contribution in [0.2, 0.25) is 0 Å².